The highest BCUT2D eigenvalue weighted by atomic mass is 16.3. The largest absolute Gasteiger partial charge is 0.503 e. The Labute approximate surface area is 134 Å². The number of hydrogen-bond donors (Lipinski definition) is 1. The van der Waals surface area contributed by atoms with Crippen molar-refractivity contribution in [2.24, 2.45) is 0 Å². The predicted octanol–water partition coefficient (Wildman–Crippen LogP) is 2.13. The molecule has 0 unspecified atom stereocenters. The SMILES string of the molecule is CCCCN(C)Cc1cc(=O)c(O)cn1CCCCN(C)C. The van der Waals surface area contributed by atoms with Gasteiger partial charge in [-0.2, -0.15) is 0 Å². The molecule has 1 rings (SSSR count). The van der Waals surface area contributed by atoms with Crippen molar-refractivity contribution in [2.75, 3.05) is 34.2 Å². The fourth-order valence-corrected chi connectivity index (χ4v) is 2.44. The van der Waals surface area contributed by atoms with Crippen LogP contribution in [-0.4, -0.2) is 53.7 Å². The molecular weight excluding hydrogens is 278 g/mol. The molecule has 0 aliphatic carbocycles. The van der Waals surface area contributed by atoms with Crippen molar-refractivity contribution in [1.29, 1.82) is 0 Å². The van der Waals surface area contributed by atoms with Gasteiger partial charge in [0.1, 0.15) is 0 Å². The van der Waals surface area contributed by atoms with Gasteiger partial charge in [0.15, 0.2) is 5.75 Å². The summed E-state index contributed by atoms with van der Waals surface area (Å²) in [6.45, 7) is 5.82. The van der Waals surface area contributed by atoms with E-state index < -0.39 is 0 Å². The molecule has 126 valence electrons. The van der Waals surface area contributed by atoms with E-state index in [4.69, 9.17) is 0 Å². The van der Waals surface area contributed by atoms with Crippen LogP contribution in [0.4, 0.5) is 0 Å². The lowest BCUT2D eigenvalue weighted by atomic mass is 10.2. The molecule has 22 heavy (non-hydrogen) atoms. The van der Waals surface area contributed by atoms with Crippen LogP contribution in [0.2, 0.25) is 0 Å². The molecule has 0 aliphatic rings. The normalized spacial score (nSPS) is 11.5. The topological polar surface area (TPSA) is 48.7 Å². The van der Waals surface area contributed by atoms with Crippen molar-refractivity contribution in [3.63, 3.8) is 0 Å². The summed E-state index contributed by atoms with van der Waals surface area (Å²) in [5.41, 5.74) is 0.690. The first-order chi connectivity index (χ1) is 10.4. The molecule has 0 radical (unpaired) electrons. The Morgan fingerprint density at radius 2 is 1.86 bits per heavy atom. The summed E-state index contributed by atoms with van der Waals surface area (Å²) in [6.07, 6.45) is 6.04. The maximum atomic E-state index is 11.7. The highest BCUT2D eigenvalue weighted by Crippen LogP contribution is 2.10. The molecule has 0 atom stereocenters. The number of aryl methyl sites for hydroxylation is 1. The minimum atomic E-state index is -0.288. The predicted molar refractivity (Wildman–Crippen MR) is 91.4 cm³/mol. The van der Waals surface area contributed by atoms with E-state index in [2.05, 4.69) is 37.9 Å². The van der Waals surface area contributed by atoms with Gasteiger partial charge in [-0.15, -0.1) is 0 Å². The Morgan fingerprint density at radius 1 is 1.14 bits per heavy atom. The lowest BCUT2D eigenvalue weighted by molar-refractivity contribution is 0.308. The van der Waals surface area contributed by atoms with E-state index in [1.54, 1.807) is 12.3 Å². The van der Waals surface area contributed by atoms with Gasteiger partial charge in [-0.25, -0.2) is 0 Å². The Bertz CT molecular complexity index is 497. The summed E-state index contributed by atoms with van der Waals surface area (Å²) < 4.78 is 2.02. The highest BCUT2D eigenvalue weighted by Gasteiger charge is 2.08. The van der Waals surface area contributed by atoms with Gasteiger partial charge in [0.2, 0.25) is 5.43 Å². The molecule has 5 heteroatoms. The maximum Gasteiger partial charge on any atom is 0.223 e. The Morgan fingerprint density at radius 3 is 2.50 bits per heavy atom. The molecule has 0 spiro atoms. The molecule has 0 saturated heterocycles. The lowest BCUT2D eigenvalue weighted by Gasteiger charge is -2.20. The average Bonchev–Trinajstić information content (AvgIpc) is 2.45. The number of rotatable bonds is 10. The van der Waals surface area contributed by atoms with Gasteiger partial charge in [0.25, 0.3) is 0 Å². The summed E-state index contributed by atoms with van der Waals surface area (Å²) in [5.74, 6) is -0.160. The fourth-order valence-electron chi connectivity index (χ4n) is 2.44. The van der Waals surface area contributed by atoms with Crippen LogP contribution in [0.5, 0.6) is 5.75 Å². The van der Waals surface area contributed by atoms with Crippen LogP contribution in [-0.2, 0) is 13.1 Å². The maximum absolute atomic E-state index is 11.7. The van der Waals surface area contributed by atoms with Gasteiger partial charge in [-0.1, -0.05) is 13.3 Å². The van der Waals surface area contributed by atoms with Crippen molar-refractivity contribution >= 4 is 0 Å². The van der Waals surface area contributed by atoms with Gasteiger partial charge >= 0.3 is 0 Å². The van der Waals surface area contributed by atoms with Crippen LogP contribution >= 0.6 is 0 Å². The van der Waals surface area contributed by atoms with Gasteiger partial charge in [0.05, 0.1) is 6.20 Å². The quantitative estimate of drug-likeness (QED) is 0.673. The second-order valence-electron chi connectivity index (χ2n) is 6.31. The molecular formula is C17H31N3O2. The van der Waals surface area contributed by atoms with Crippen LogP contribution < -0.4 is 5.43 Å². The van der Waals surface area contributed by atoms with Gasteiger partial charge in [-0.3, -0.25) is 4.79 Å². The van der Waals surface area contributed by atoms with Crippen molar-refractivity contribution in [3.8, 4) is 5.75 Å². The van der Waals surface area contributed by atoms with E-state index in [1.807, 2.05) is 4.57 Å². The third-order valence-corrected chi connectivity index (χ3v) is 3.78. The first-order valence-corrected chi connectivity index (χ1v) is 8.19. The van der Waals surface area contributed by atoms with Crippen molar-refractivity contribution < 1.29 is 5.11 Å². The van der Waals surface area contributed by atoms with E-state index in [0.29, 0.717) is 0 Å². The van der Waals surface area contributed by atoms with Crippen LogP contribution in [0.1, 0.15) is 38.3 Å². The zero-order valence-corrected chi connectivity index (χ0v) is 14.5. The van der Waals surface area contributed by atoms with E-state index in [9.17, 15) is 9.90 Å². The fraction of sp³-hybridized carbons (Fsp3) is 0.706. The number of hydrogen-bond acceptors (Lipinski definition) is 4. The van der Waals surface area contributed by atoms with E-state index in [-0.39, 0.29) is 11.2 Å². The molecule has 0 fully saturated rings. The standard InChI is InChI=1S/C17H31N3O2/c1-5-6-10-19(4)13-15-12-16(21)17(22)14-20(15)11-8-7-9-18(2)3/h12,14,22H,5-11,13H2,1-4H3. The zero-order valence-electron chi connectivity index (χ0n) is 14.5. The Hall–Kier alpha value is -1.33. The third-order valence-electron chi connectivity index (χ3n) is 3.78. The first kappa shape index (κ1) is 18.7. The average molecular weight is 309 g/mol. The Kier molecular flexibility index (Phi) is 8.20. The van der Waals surface area contributed by atoms with Gasteiger partial charge in [0, 0.05) is 24.8 Å². The molecule has 1 heterocycles. The third kappa shape index (κ3) is 6.62. The molecule has 5 nitrogen and oxygen atoms in total. The highest BCUT2D eigenvalue weighted by molar-refractivity contribution is 5.20. The molecule has 0 aliphatic heterocycles. The van der Waals surface area contributed by atoms with Crippen molar-refractivity contribution in [3.05, 3.63) is 28.2 Å². The molecule has 0 amide bonds. The van der Waals surface area contributed by atoms with Crippen LogP contribution in [0.3, 0.4) is 0 Å². The summed E-state index contributed by atoms with van der Waals surface area (Å²) in [5, 5.41) is 9.69. The second-order valence-corrected chi connectivity index (χ2v) is 6.31. The summed E-state index contributed by atoms with van der Waals surface area (Å²) in [4.78, 5) is 16.1. The van der Waals surface area contributed by atoms with Crippen LogP contribution in [0, 0.1) is 0 Å². The number of nitrogens with zero attached hydrogens (tertiary/aromatic N) is 3. The monoisotopic (exact) mass is 309 g/mol. The smallest absolute Gasteiger partial charge is 0.223 e. The molecule has 0 saturated carbocycles. The molecule has 0 aromatic carbocycles. The molecule has 1 aromatic rings. The van der Waals surface area contributed by atoms with E-state index in [0.717, 1.165) is 57.6 Å². The zero-order chi connectivity index (χ0) is 16.5. The number of aromatic hydroxyl groups is 1. The molecule has 0 bridgehead atoms. The molecule has 1 aromatic heterocycles. The van der Waals surface area contributed by atoms with Crippen LogP contribution in [0.25, 0.3) is 0 Å². The second kappa shape index (κ2) is 9.64. The number of unbranched alkanes of at least 4 members (excludes halogenated alkanes) is 2. The minimum absolute atomic E-state index is 0.160. The van der Waals surface area contributed by atoms with Crippen LogP contribution in [0.15, 0.2) is 17.1 Å². The molecule has 1 N–H and O–H groups in total. The first-order valence-electron chi connectivity index (χ1n) is 8.19. The summed E-state index contributed by atoms with van der Waals surface area (Å²) in [6, 6.07) is 1.57. The van der Waals surface area contributed by atoms with Crippen molar-refractivity contribution in [1.82, 2.24) is 14.4 Å². The van der Waals surface area contributed by atoms with Crippen molar-refractivity contribution in [2.45, 2.75) is 45.7 Å². The van der Waals surface area contributed by atoms with E-state index in [1.165, 1.54) is 0 Å². The lowest BCUT2D eigenvalue weighted by Crippen LogP contribution is -2.23. The van der Waals surface area contributed by atoms with E-state index >= 15 is 0 Å². The summed E-state index contributed by atoms with van der Waals surface area (Å²) >= 11 is 0. The number of aromatic nitrogens is 1. The number of pyridine rings is 1. The van der Waals surface area contributed by atoms with Gasteiger partial charge < -0.3 is 19.5 Å². The van der Waals surface area contributed by atoms with Gasteiger partial charge in [-0.05, 0) is 53.5 Å². The summed E-state index contributed by atoms with van der Waals surface area (Å²) in [7, 11) is 6.21. The Balaban J connectivity index is 2.72. The minimum Gasteiger partial charge on any atom is -0.503 e.